The van der Waals surface area contributed by atoms with Gasteiger partial charge in [-0.25, -0.2) is 4.79 Å². The van der Waals surface area contributed by atoms with E-state index in [1.165, 1.54) is 0 Å². The molecule has 0 atom stereocenters. The van der Waals surface area contributed by atoms with E-state index >= 15 is 0 Å². The molecule has 3 aromatic rings. The van der Waals surface area contributed by atoms with Crippen LogP contribution in [0.15, 0.2) is 45.6 Å². The molecule has 1 aliphatic heterocycles. The van der Waals surface area contributed by atoms with Crippen molar-refractivity contribution in [1.29, 1.82) is 0 Å². The summed E-state index contributed by atoms with van der Waals surface area (Å²) >= 11 is 0. The van der Waals surface area contributed by atoms with Crippen LogP contribution >= 0.6 is 0 Å². The summed E-state index contributed by atoms with van der Waals surface area (Å²) < 4.78 is 22.7. The first kappa shape index (κ1) is 20.9. The number of hydrogen-bond donors (Lipinski definition) is 0. The summed E-state index contributed by atoms with van der Waals surface area (Å²) in [6, 6.07) is 10.3. The molecular weight excluding hydrogens is 398 g/mol. The standard InChI is InChI=1S/C24H25NO6/c1-5-28-24(27)16-6-8-17(9-7-16)31-22-15(4)30-23-18(21(22)26)10-11-20-19(23)12-25(13-29-20)14(2)3/h6-11,14H,5,12-13H2,1-4H3. The van der Waals surface area contributed by atoms with Crippen LogP contribution in [0.4, 0.5) is 0 Å². The van der Waals surface area contributed by atoms with E-state index in [-0.39, 0.29) is 11.2 Å². The molecule has 4 rings (SSSR count). The van der Waals surface area contributed by atoms with Crippen LogP contribution < -0.4 is 14.9 Å². The normalized spacial score (nSPS) is 13.7. The van der Waals surface area contributed by atoms with E-state index in [0.29, 0.717) is 54.0 Å². The maximum atomic E-state index is 13.2. The van der Waals surface area contributed by atoms with E-state index in [1.807, 2.05) is 0 Å². The van der Waals surface area contributed by atoms with Gasteiger partial charge in [0.1, 0.15) is 29.6 Å². The summed E-state index contributed by atoms with van der Waals surface area (Å²) in [4.78, 5) is 27.2. The predicted octanol–water partition coefficient (Wildman–Crippen LogP) is 4.63. The highest BCUT2D eigenvalue weighted by atomic mass is 16.5. The molecule has 7 heteroatoms. The molecule has 31 heavy (non-hydrogen) atoms. The molecule has 162 valence electrons. The number of aryl methyl sites for hydroxylation is 1. The second kappa shape index (κ2) is 8.43. The molecule has 0 aliphatic carbocycles. The summed E-state index contributed by atoms with van der Waals surface area (Å²) in [7, 11) is 0. The zero-order valence-corrected chi connectivity index (χ0v) is 18.1. The van der Waals surface area contributed by atoms with Crippen molar-refractivity contribution in [3.63, 3.8) is 0 Å². The predicted molar refractivity (Wildman–Crippen MR) is 116 cm³/mol. The molecule has 0 saturated heterocycles. The molecular formula is C24H25NO6. The van der Waals surface area contributed by atoms with Gasteiger partial charge in [-0.1, -0.05) is 0 Å². The Morgan fingerprint density at radius 3 is 2.58 bits per heavy atom. The minimum atomic E-state index is -0.405. The molecule has 7 nitrogen and oxygen atoms in total. The molecule has 0 unspecified atom stereocenters. The first-order chi connectivity index (χ1) is 14.9. The maximum absolute atomic E-state index is 13.2. The first-order valence-electron chi connectivity index (χ1n) is 10.3. The van der Waals surface area contributed by atoms with Crippen LogP contribution in [0, 0.1) is 6.92 Å². The largest absolute Gasteiger partial charge is 0.478 e. The summed E-state index contributed by atoms with van der Waals surface area (Å²) in [5.74, 6) is 1.25. The molecule has 0 saturated carbocycles. The highest BCUT2D eigenvalue weighted by Crippen LogP contribution is 2.34. The number of carbonyl (C=O) groups is 1. The Labute approximate surface area is 180 Å². The molecule has 0 fully saturated rings. The Kier molecular flexibility index (Phi) is 5.69. The van der Waals surface area contributed by atoms with Gasteiger partial charge in [0.05, 0.1) is 23.1 Å². The first-order valence-corrected chi connectivity index (χ1v) is 10.3. The average molecular weight is 423 g/mol. The van der Waals surface area contributed by atoms with Gasteiger partial charge in [-0.2, -0.15) is 0 Å². The Bertz CT molecular complexity index is 1180. The monoisotopic (exact) mass is 423 g/mol. The summed E-state index contributed by atoms with van der Waals surface area (Å²) in [6.07, 6.45) is 0. The van der Waals surface area contributed by atoms with Crippen molar-refractivity contribution >= 4 is 16.9 Å². The van der Waals surface area contributed by atoms with Crippen molar-refractivity contribution in [1.82, 2.24) is 4.90 Å². The van der Waals surface area contributed by atoms with Gasteiger partial charge in [-0.15, -0.1) is 0 Å². The molecule has 2 heterocycles. The fraction of sp³-hybridized carbons (Fsp3) is 0.333. The van der Waals surface area contributed by atoms with Crippen molar-refractivity contribution in [3.05, 3.63) is 63.5 Å². The molecule has 0 N–H and O–H groups in total. The third kappa shape index (κ3) is 4.01. The summed E-state index contributed by atoms with van der Waals surface area (Å²) in [5.41, 5.74) is 1.55. The highest BCUT2D eigenvalue weighted by molar-refractivity contribution is 5.89. The van der Waals surface area contributed by atoms with Gasteiger partial charge in [-0.05, 0) is 64.1 Å². The number of fused-ring (bicyclic) bond motifs is 3. The molecule has 2 aromatic carbocycles. The number of ether oxygens (including phenoxy) is 3. The minimum absolute atomic E-state index is 0.119. The van der Waals surface area contributed by atoms with Crippen LogP contribution in [-0.2, 0) is 11.3 Å². The van der Waals surface area contributed by atoms with Gasteiger partial charge < -0.3 is 18.6 Å². The van der Waals surface area contributed by atoms with Crippen molar-refractivity contribution in [3.8, 4) is 17.2 Å². The van der Waals surface area contributed by atoms with E-state index < -0.39 is 5.97 Å². The van der Waals surface area contributed by atoms with Crippen molar-refractivity contribution in [2.24, 2.45) is 0 Å². The number of benzene rings is 2. The van der Waals surface area contributed by atoms with Crippen LogP contribution in [0.5, 0.6) is 17.2 Å². The van der Waals surface area contributed by atoms with Gasteiger partial charge in [0.25, 0.3) is 0 Å². The van der Waals surface area contributed by atoms with E-state index in [2.05, 4.69) is 18.7 Å². The maximum Gasteiger partial charge on any atom is 0.338 e. The molecule has 0 radical (unpaired) electrons. The third-order valence-electron chi connectivity index (χ3n) is 5.31. The van der Waals surface area contributed by atoms with Gasteiger partial charge in [0.15, 0.2) is 0 Å². The molecule has 0 amide bonds. The van der Waals surface area contributed by atoms with E-state index in [1.54, 1.807) is 50.2 Å². The lowest BCUT2D eigenvalue weighted by atomic mass is 10.1. The molecule has 0 bridgehead atoms. The van der Waals surface area contributed by atoms with Crippen molar-refractivity contribution < 1.29 is 23.4 Å². The lowest BCUT2D eigenvalue weighted by molar-refractivity contribution is 0.0526. The lowest BCUT2D eigenvalue weighted by Crippen LogP contribution is -2.37. The number of esters is 1. The SMILES string of the molecule is CCOC(=O)c1ccc(Oc2c(C)oc3c4c(ccc3c2=O)OCN(C(C)C)C4)cc1. The Morgan fingerprint density at radius 2 is 1.90 bits per heavy atom. The van der Waals surface area contributed by atoms with Crippen molar-refractivity contribution in [2.45, 2.75) is 40.3 Å². The summed E-state index contributed by atoms with van der Waals surface area (Å²) in [6.45, 7) is 9.09. The number of rotatable bonds is 5. The fourth-order valence-corrected chi connectivity index (χ4v) is 3.51. The highest BCUT2D eigenvalue weighted by Gasteiger charge is 2.25. The van der Waals surface area contributed by atoms with Gasteiger partial charge in [0.2, 0.25) is 11.2 Å². The second-order valence-electron chi connectivity index (χ2n) is 7.70. The second-order valence-corrected chi connectivity index (χ2v) is 7.70. The van der Waals surface area contributed by atoms with E-state index in [9.17, 15) is 9.59 Å². The topological polar surface area (TPSA) is 78.2 Å². The van der Waals surface area contributed by atoms with E-state index in [4.69, 9.17) is 18.6 Å². The Hall–Kier alpha value is -3.32. The number of hydrogen-bond acceptors (Lipinski definition) is 7. The van der Waals surface area contributed by atoms with Gasteiger partial charge >= 0.3 is 5.97 Å². The fourth-order valence-electron chi connectivity index (χ4n) is 3.51. The Balaban J connectivity index is 1.69. The zero-order valence-electron chi connectivity index (χ0n) is 18.1. The summed E-state index contributed by atoms with van der Waals surface area (Å²) in [5, 5.41) is 0.441. The quantitative estimate of drug-likeness (QED) is 0.554. The number of nitrogens with zero attached hydrogens (tertiary/aromatic N) is 1. The van der Waals surface area contributed by atoms with Crippen LogP contribution in [0.2, 0.25) is 0 Å². The smallest absolute Gasteiger partial charge is 0.338 e. The third-order valence-corrected chi connectivity index (χ3v) is 5.31. The zero-order chi connectivity index (χ0) is 22.1. The molecule has 1 aliphatic rings. The lowest BCUT2D eigenvalue weighted by Gasteiger charge is -2.32. The molecule has 1 aromatic heterocycles. The van der Waals surface area contributed by atoms with Gasteiger partial charge in [0, 0.05) is 12.6 Å². The average Bonchev–Trinajstić information content (AvgIpc) is 2.76. The number of carbonyl (C=O) groups excluding carboxylic acids is 1. The Morgan fingerprint density at radius 1 is 1.16 bits per heavy atom. The minimum Gasteiger partial charge on any atom is -0.478 e. The van der Waals surface area contributed by atoms with Crippen molar-refractivity contribution in [2.75, 3.05) is 13.3 Å². The van der Waals surface area contributed by atoms with Crippen LogP contribution in [0.1, 0.15) is 42.5 Å². The van der Waals surface area contributed by atoms with Crippen LogP contribution in [-0.4, -0.2) is 30.2 Å². The van der Waals surface area contributed by atoms with Crippen LogP contribution in [0.25, 0.3) is 11.0 Å². The van der Waals surface area contributed by atoms with Gasteiger partial charge in [-0.3, -0.25) is 9.69 Å². The van der Waals surface area contributed by atoms with E-state index in [0.717, 1.165) is 11.3 Å². The molecule has 0 spiro atoms. The van der Waals surface area contributed by atoms with Crippen LogP contribution in [0.3, 0.4) is 0 Å².